The first kappa shape index (κ1) is 24.3. The van der Waals surface area contributed by atoms with Crippen LogP contribution in [0.15, 0.2) is 79.0 Å². The molecule has 4 aromatic rings. The number of para-hydroxylation sites is 1. The molecule has 0 saturated carbocycles. The number of imide groups is 1. The van der Waals surface area contributed by atoms with Crippen molar-refractivity contribution < 1.29 is 27.5 Å². The number of carbonyl (C=O) groups excluding carboxylic acids is 2. The standard InChI is InChI=1S/C28H22F3N3O3/c1-17(2)22-15-20(10-11-24(22)37-25-12-13-32-23-9-4-3-8-21(23)25)34-26(35)16-33(27(34)36)19-7-5-6-18(14-19)28(29,30)31/h3-15,17H,16H2,1-2H3. The van der Waals surface area contributed by atoms with E-state index in [1.807, 2.05) is 38.1 Å². The molecule has 6 nitrogen and oxygen atoms in total. The van der Waals surface area contributed by atoms with Crippen LogP contribution in [0.1, 0.15) is 30.9 Å². The number of benzene rings is 3. The van der Waals surface area contributed by atoms with E-state index in [1.54, 1.807) is 30.5 Å². The van der Waals surface area contributed by atoms with Crippen molar-refractivity contribution in [3.8, 4) is 11.5 Å². The Bertz CT molecular complexity index is 1510. The number of halogens is 3. The number of fused-ring (bicyclic) bond motifs is 1. The van der Waals surface area contributed by atoms with Gasteiger partial charge in [0.1, 0.15) is 18.0 Å². The molecular formula is C28H22F3N3O3. The minimum absolute atomic E-state index is 0.00396. The smallest absolute Gasteiger partial charge is 0.416 e. The normalized spacial score (nSPS) is 14.2. The fraction of sp³-hybridized carbons (Fsp3) is 0.179. The number of hydrogen-bond acceptors (Lipinski definition) is 4. The van der Waals surface area contributed by atoms with Gasteiger partial charge < -0.3 is 4.74 Å². The van der Waals surface area contributed by atoms with Crippen molar-refractivity contribution in [1.29, 1.82) is 0 Å². The van der Waals surface area contributed by atoms with Gasteiger partial charge in [-0.1, -0.05) is 32.0 Å². The first-order valence-corrected chi connectivity index (χ1v) is 11.6. The maximum atomic E-state index is 13.2. The van der Waals surface area contributed by atoms with Crippen LogP contribution in [-0.2, 0) is 11.0 Å². The summed E-state index contributed by atoms with van der Waals surface area (Å²) in [6, 6.07) is 18.0. The summed E-state index contributed by atoms with van der Waals surface area (Å²) in [5.74, 6) is 0.620. The zero-order valence-corrected chi connectivity index (χ0v) is 20.0. The minimum atomic E-state index is -4.56. The van der Waals surface area contributed by atoms with Crippen LogP contribution in [0, 0.1) is 0 Å². The zero-order valence-electron chi connectivity index (χ0n) is 20.0. The van der Waals surface area contributed by atoms with Crippen LogP contribution in [0.4, 0.5) is 29.3 Å². The van der Waals surface area contributed by atoms with Gasteiger partial charge in [0.2, 0.25) is 0 Å². The van der Waals surface area contributed by atoms with E-state index in [0.717, 1.165) is 38.4 Å². The van der Waals surface area contributed by atoms with Crippen molar-refractivity contribution in [2.24, 2.45) is 0 Å². The van der Waals surface area contributed by atoms with Crippen LogP contribution in [0.2, 0.25) is 0 Å². The number of nitrogens with zero attached hydrogens (tertiary/aromatic N) is 3. The zero-order chi connectivity index (χ0) is 26.3. The number of rotatable bonds is 5. The largest absolute Gasteiger partial charge is 0.456 e. The summed E-state index contributed by atoms with van der Waals surface area (Å²) < 4.78 is 45.8. The molecular weight excluding hydrogens is 483 g/mol. The third kappa shape index (κ3) is 4.60. The van der Waals surface area contributed by atoms with Crippen molar-refractivity contribution in [3.05, 3.63) is 90.1 Å². The van der Waals surface area contributed by atoms with Crippen LogP contribution < -0.4 is 14.5 Å². The quantitative estimate of drug-likeness (QED) is 0.271. The predicted molar refractivity (Wildman–Crippen MR) is 134 cm³/mol. The first-order chi connectivity index (χ1) is 17.6. The van der Waals surface area contributed by atoms with Gasteiger partial charge in [0.05, 0.1) is 16.8 Å². The molecule has 2 heterocycles. The SMILES string of the molecule is CC(C)c1cc(N2C(=O)CN(c3cccc(C(F)(F)F)c3)C2=O)ccc1Oc1ccnc2ccccc12. The van der Waals surface area contributed by atoms with Crippen molar-refractivity contribution in [1.82, 2.24) is 4.98 Å². The van der Waals surface area contributed by atoms with Crippen LogP contribution in [0.5, 0.6) is 11.5 Å². The summed E-state index contributed by atoms with van der Waals surface area (Å²) in [5, 5.41) is 0.838. The van der Waals surface area contributed by atoms with Gasteiger partial charge in [-0.05, 0) is 66.1 Å². The third-order valence-corrected chi connectivity index (χ3v) is 6.15. The molecule has 3 aromatic carbocycles. The minimum Gasteiger partial charge on any atom is -0.456 e. The van der Waals surface area contributed by atoms with Gasteiger partial charge >= 0.3 is 12.2 Å². The number of pyridine rings is 1. The Kier molecular flexibility index (Phi) is 6.07. The van der Waals surface area contributed by atoms with Gasteiger partial charge in [0, 0.05) is 17.3 Å². The van der Waals surface area contributed by atoms with Crippen molar-refractivity contribution in [2.45, 2.75) is 25.9 Å². The topological polar surface area (TPSA) is 62.7 Å². The number of amides is 3. The summed E-state index contributed by atoms with van der Waals surface area (Å²) in [5.41, 5.74) is 0.975. The number of carbonyl (C=O) groups is 2. The summed E-state index contributed by atoms with van der Waals surface area (Å²) in [4.78, 5) is 32.4. The van der Waals surface area contributed by atoms with Crippen LogP contribution >= 0.6 is 0 Å². The highest BCUT2D eigenvalue weighted by Gasteiger charge is 2.39. The van der Waals surface area contributed by atoms with E-state index in [4.69, 9.17) is 4.74 Å². The van der Waals surface area contributed by atoms with E-state index < -0.39 is 23.7 Å². The second-order valence-electron chi connectivity index (χ2n) is 8.95. The lowest BCUT2D eigenvalue weighted by molar-refractivity contribution is -0.137. The molecule has 3 amide bonds. The van der Waals surface area contributed by atoms with E-state index in [2.05, 4.69) is 4.98 Å². The van der Waals surface area contributed by atoms with E-state index in [9.17, 15) is 22.8 Å². The van der Waals surface area contributed by atoms with Crippen LogP contribution in [0.3, 0.4) is 0 Å². The second kappa shape index (κ2) is 9.24. The fourth-order valence-corrected chi connectivity index (χ4v) is 4.30. The number of anilines is 2. The average Bonchev–Trinajstić information content (AvgIpc) is 3.17. The van der Waals surface area contributed by atoms with Crippen LogP contribution in [-0.4, -0.2) is 23.5 Å². The first-order valence-electron chi connectivity index (χ1n) is 11.6. The molecule has 0 radical (unpaired) electrons. The Hall–Kier alpha value is -4.40. The number of ether oxygens (including phenoxy) is 1. The Morgan fingerprint density at radius 3 is 2.43 bits per heavy atom. The van der Waals surface area contributed by atoms with Gasteiger partial charge in [0.25, 0.3) is 5.91 Å². The summed E-state index contributed by atoms with van der Waals surface area (Å²) in [7, 11) is 0. The van der Waals surface area contributed by atoms with Crippen molar-refractivity contribution >= 4 is 34.2 Å². The van der Waals surface area contributed by atoms with E-state index in [1.165, 1.54) is 12.1 Å². The number of aromatic nitrogens is 1. The van der Waals surface area contributed by atoms with Gasteiger partial charge in [-0.2, -0.15) is 13.2 Å². The molecule has 0 unspecified atom stereocenters. The molecule has 1 aromatic heterocycles. The number of alkyl halides is 3. The third-order valence-electron chi connectivity index (χ3n) is 6.15. The lowest BCUT2D eigenvalue weighted by Crippen LogP contribution is -2.33. The van der Waals surface area contributed by atoms with Gasteiger partial charge in [-0.3, -0.25) is 14.7 Å². The van der Waals surface area contributed by atoms with Gasteiger partial charge in [-0.15, -0.1) is 0 Å². The van der Waals surface area contributed by atoms with E-state index >= 15 is 0 Å². The van der Waals surface area contributed by atoms with Crippen molar-refractivity contribution in [3.63, 3.8) is 0 Å². The Morgan fingerprint density at radius 1 is 0.892 bits per heavy atom. The highest BCUT2D eigenvalue weighted by molar-refractivity contribution is 6.27. The summed E-state index contributed by atoms with van der Waals surface area (Å²) in [6.07, 6.45) is -2.91. The van der Waals surface area contributed by atoms with Gasteiger partial charge in [-0.25, -0.2) is 9.69 Å². The number of hydrogen-bond donors (Lipinski definition) is 0. The molecule has 1 aliphatic rings. The molecule has 37 heavy (non-hydrogen) atoms. The molecule has 0 aliphatic carbocycles. The second-order valence-corrected chi connectivity index (χ2v) is 8.95. The summed E-state index contributed by atoms with van der Waals surface area (Å²) in [6.45, 7) is 3.55. The highest BCUT2D eigenvalue weighted by atomic mass is 19.4. The van der Waals surface area contributed by atoms with Crippen LogP contribution in [0.25, 0.3) is 10.9 Å². The fourth-order valence-electron chi connectivity index (χ4n) is 4.30. The molecule has 0 spiro atoms. The molecule has 0 N–H and O–H groups in total. The Morgan fingerprint density at radius 2 is 1.68 bits per heavy atom. The maximum Gasteiger partial charge on any atom is 0.416 e. The highest BCUT2D eigenvalue weighted by Crippen LogP contribution is 2.38. The van der Waals surface area contributed by atoms with Crippen molar-refractivity contribution in [2.75, 3.05) is 16.3 Å². The molecule has 0 atom stereocenters. The number of urea groups is 1. The van der Waals surface area contributed by atoms with E-state index in [0.29, 0.717) is 17.2 Å². The monoisotopic (exact) mass is 505 g/mol. The molecule has 0 bridgehead atoms. The molecule has 1 aliphatic heterocycles. The molecule has 5 rings (SSSR count). The van der Waals surface area contributed by atoms with Gasteiger partial charge in [0.15, 0.2) is 0 Å². The average molecular weight is 505 g/mol. The molecule has 1 saturated heterocycles. The lowest BCUT2D eigenvalue weighted by atomic mass is 10.0. The lowest BCUT2D eigenvalue weighted by Gasteiger charge is -2.21. The summed E-state index contributed by atoms with van der Waals surface area (Å²) >= 11 is 0. The maximum absolute atomic E-state index is 13.2. The molecule has 188 valence electrons. The van der Waals surface area contributed by atoms with E-state index in [-0.39, 0.29) is 18.2 Å². The predicted octanol–water partition coefficient (Wildman–Crippen LogP) is 7.14. The Balaban J connectivity index is 1.47. The Labute approximate surface area is 210 Å². The molecule has 9 heteroatoms. The molecule has 1 fully saturated rings.